The Morgan fingerprint density at radius 1 is 1.06 bits per heavy atom. The van der Waals surface area contributed by atoms with Crippen LogP contribution in [0.15, 0.2) is 24.3 Å². The van der Waals surface area contributed by atoms with Crippen LogP contribution in [-0.2, 0) is 6.42 Å². The van der Waals surface area contributed by atoms with Crippen LogP contribution in [0, 0.1) is 0 Å². The smallest absolute Gasteiger partial charge is 0.0402 e. The van der Waals surface area contributed by atoms with Gasteiger partial charge in [-0.3, -0.25) is 0 Å². The fourth-order valence-corrected chi connectivity index (χ4v) is 2.91. The summed E-state index contributed by atoms with van der Waals surface area (Å²) in [6.07, 6.45) is 3.32. The summed E-state index contributed by atoms with van der Waals surface area (Å²) in [5, 5.41) is 10.8. The third-order valence-corrected chi connectivity index (χ3v) is 3.80. The molecule has 2 aliphatic rings. The molecule has 0 aromatic heterocycles. The Morgan fingerprint density at radius 2 is 1.81 bits per heavy atom. The maximum atomic E-state index is 9.38. The molecule has 0 atom stereocenters. The highest BCUT2D eigenvalue weighted by Crippen LogP contribution is 2.31. The molecule has 86 valence electrons. The number of hydrogen-bond acceptors (Lipinski definition) is 3. The molecule has 0 spiro atoms. The third-order valence-electron chi connectivity index (χ3n) is 3.80. The molecule has 1 aromatic carbocycles. The molecule has 1 aromatic rings. The van der Waals surface area contributed by atoms with Crippen molar-refractivity contribution in [1.29, 1.82) is 0 Å². The van der Waals surface area contributed by atoms with E-state index in [0.717, 1.165) is 32.5 Å². The average molecular weight is 218 g/mol. The van der Waals surface area contributed by atoms with E-state index in [0.29, 0.717) is 6.04 Å². The van der Waals surface area contributed by atoms with Gasteiger partial charge in [0.1, 0.15) is 0 Å². The first-order valence-electron chi connectivity index (χ1n) is 6.13. The van der Waals surface area contributed by atoms with Crippen molar-refractivity contribution in [3.05, 3.63) is 29.8 Å². The molecule has 16 heavy (non-hydrogen) atoms. The van der Waals surface area contributed by atoms with Crippen molar-refractivity contribution >= 4 is 5.69 Å². The van der Waals surface area contributed by atoms with Crippen molar-refractivity contribution < 1.29 is 5.21 Å². The van der Waals surface area contributed by atoms with E-state index in [-0.39, 0.29) is 0 Å². The molecule has 2 heterocycles. The van der Waals surface area contributed by atoms with Crippen LogP contribution in [0.4, 0.5) is 5.69 Å². The summed E-state index contributed by atoms with van der Waals surface area (Å²) in [4.78, 5) is 2.53. The summed E-state index contributed by atoms with van der Waals surface area (Å²) in [5.74, 6) is 0. The third kappa shape index (κ3) is 1.70. The highest BCUT2D eigenvalue weighted by atomic mass is 16.5. The first-order chi connectivity index (χ1) is 7.84. The Hall–Kier alpha value is -1.06. The number of hydroxylamine groups is 2. The van der Waals surface area contributed by atoms with Crippen molar-refractivity contribution in [3.63, 3.8) is 0 Å². The van der Waals surface area contributed by atoms with E-state index in [2.05, 4.69) is 29.2 Å². The fraction of sp³-hybridized carbons (Fsp3) is 0.538. The fourth-order valence-electron chi connectivity index (χ4n) is 2.91. The van der Waals surface area contributed by atoms with Crippen LogP contribution in [0.2, 0.25) is 0 Å². The van der Waals surface area contributed by atoms with Crippen molar-refractivity contribution in [1.82, 2.24) is 5.06 Å². The predicted octanol–water partition coefficient (Wildman–Crippen LogP) is 1.90. The molecule has 0 amide bonds. The quantitative estimate of drug-likeness (QED) is 0.780. The Balaban J connectivity index is 1.77. The Labute approximate surface area is 96.2 Å². The van der Waals surface area contributed by atoms with E-state index in [1.54, 1.807) is 0 Å². The molecule has 0 aliphatic carbocycles. The molecule has 1 N–H and O–H groups in total. The molecule has 0 saturated carbocycles. The van der Waals surface area contributed by atoms with E-state index in [4.69, 9.17) is 0 Å². The monoisotopic (exact) mass is 218 g/mol. The SMILES string of the molecule is ON1CCC(N2CCc3ccccc32)CC1. The van der Waals surface area contributed by atoms with Gasteiger partial charge in [-0.2, -0.15) is 5.06 Å². The highest BCUT2D eigenvalue weighted by molar-refractivity contribution is 5.58. The van der Waals surface area contributed by atoms with Crippen LogP contribution < -0.4 is 4.90 Å². The molecular formula is C13H18N2O. The predicted molar refractivity (Wildman–Crippen MR) is 63.9 cm³/mol. The molecule has 0 radical (unpaired) electrons. The lowest BCUT2D eigenvalue weighted by Gasteiger charge is -2.35. The summed E-state index contributed by atoms with van der Waals surface area (Å²) < 4.78 is 0. The van der Waals surface area contributed by atoms with E-state index >= 15 is 0 Å². The minimum Gasteiger partial charge on any atom is -0.368 e. The van der Waals surface area contributed by atoms with E-state index in [1.807, 2.05) is 0 Å². The van der Waals surface area contributed by atoms with Gasteiger partial charge in [-0.15, -0.1) is 0 Å². The van der Waals surface area contributed by atoms with Crippen LogP contribution >= 0.6 is 0 Å². The molecule has 0 unspecified atom stereocenters. The van der Waals surface area contributed by atoms with Crippen molar-refractivity contribution in [2.24, 2.45) is 0 Å². The highest BCUT2D eigenvalue weighted by Gasteiger charge is 2.28. The number of fused-ring (bicyclic) bond motifs is 1. The minimum absolute atomic E-state index is 0.618. The van der Waals surface area contributed by atoms with Gasteiger partial charge in [0.05, 0.1) is 0 Å². The number of nitrogens with zero attached hydrogens (tertiary/aromatic N) is 2. The first-order valence-corrected chi connectivity index (χ1v) is 6.13. The standard InChI is InChI=1S/C13H18N2O/c16-14-8-6-12(7-9-14)15-10-5-11-3-1-2-4-13(11)15/h1-4,12,16H,5-10H2. The summed E-state index contributed by atoms with van der Waals surface area (Å²) in [6, 6.07) is 9.33. The summed E-state index contributed by atoms with van der Waals surface area (Å²) in [5.41, 5.74) is 2.90. The van der Waals surface area contributed by atoms with Gasteiger partial charge in [-0.25, -0.2) is 0 Å². The molecule has 3 nitrogen and oxygen atoms in total. The van der Waals surface area contributed by atoms with Crippen LogP contribution in [0.1, 0.15) is 18.4 Å². The Morgan fingerprint density at radius 3 is 2.62 bits per heavy atom. The summed E-state index contributed by atoms with van der Waals surface area (Å²) in [7, 11) is 0. The van der Waals surface area contributed by atoms with Gasteiger partial charge < -0.3 is 10.1 Å². The van der Waals surface area contributed by atoms with Gasteiger partial charge in [0, 0.05) is 31.4 Å². The van der Waals surface area contributed by atoms with E-state index < -0.39 is 0 Å². The molecule has 1 fully saturated rings. The Kier molecular flexibility index (Phi) is 2.58. The van der Waals surface area contributed by atoms with Gasteiger partial charge in [0.2, 0.25) is 0 Å². The largest absolute Gasteiger partial charge is 0.368 e. The van der Waals surface area contributed by atoms with Crippen LogP contribution in [0.5, 0.6) is 0 Å². The number of anilines is 1. The van der Waals surface area contributed by atoms with Gasteiger partial charge in [-0.05, 0) is 30.9 Å². The van der Waals surface area contributed by atoms with Gasteiger partial charge in [0.25, 0.3) is 0 Å². The molecule has 2 aliphatic heterocycles. The number of hydrogen-bond donors (Lipinski definition) is 1. The number of para-hydroxylation sites is 1. The second kappa shape index (κ2) is 4.07. The van der Waals surface area contributed by atoms with Crippen LogP contribution in [0.3, 0.4) is 0 Å². The zero-order chi connectivity index (χ0) is 11.0. The van der Waals surface area contributed by atoms with Gasteiger partial charge >= 0.3 is 0 Å². The normalized spacial score (nSPS) is 22.4. The van der Waals surface area contributed by atoms with Gasteiger partial charge in [-0.1, -0.05) is 18.2 Å². The maximum Gasteiger partial charge on any atom is 0.0402 e. The number of benzene rings is 1. The minimum atomic E-state index is 0.618. The van der Waals surface area contributed by atoms with Crippen LogP contribution in [0.25, 0.3) is 0 Å². The first kappa shape index (κ1) is 10.1. The number of rotatable bonds is 1. The topological polar surface area (TPSA) is 26.7 Å². The molecule has 1 saturated heterocycles. The van der Waals surface area contributed by atoms with Crippen molar-refractivity contribution in [2.75, 3.05) is 24.5 Å². The van der Waals surface area contributed by atoms with E-state index in [9.17, 15) is 5.21 Å². The molecular weight excluding hydrogens is 200 g/mol. The van der Waals surface area contributed by atoms with Crippen molar-refractivity contribution in [2.45, 2.75) is 25.3 Å². The molecule has 0 bridgehead atoms. The van der Waals surface area contributed by atoms with Crippen LogP contribution in [-0.4, -0.2) is 35.9 Å². The zero-order valence-electron chi connectivity index (χ0n) is 9.47. The Bertz CT molecular complexity index is 372. The lowest BCUT2D eigenvalue weighted by atomic mass is 10.0. The van der Waals surface area contributed by atoms with E-state index in [1.165, 1.54) is 22.7 Å². The van der Waals surface area contributed by atoms with Crippen molar-refractivity contribution in [3.8, 4) is 0 Å². The second-order valence-electron chi connectivity index (χ2n) is 4.76. The summed E-state index contributed by atoms with van der Waals surface area (Å²) >= 11 is 0. The lowest BCUT2D eigenvalue weighted by molar-refractivity contribution is -0.106. The molecule has 3 heteroatoms. The average Bonchev–Trinajstić information content (AvgIpc) is 2.74. The maximum absolute atomic E-state index is 9.38. The zero-order valence-corrected chi connectivity index (χ0v) is 9.47. The second-order valence-corrected chi connectivity index (χ2v) is 4.76. The number of piperidine rings is 1. The summed E-state index contributed by atoms with van der Waals surface area (Å²) in [6.45, 7) is 2.77. The molecule has 3 rings (SSSR count). The van der Waals surface area contributed by atoms with Gasteiger partial charge in [0.15, 0.2) is 0 Å². The lowest BCUT2D eigenvalue weighted by Crippen LogP contribution is -2.43.